The van der Waals surface area contributed by atoms with Crippen LogP contribution in [0.3, 0.4) is 0 Å². The number of benzene rings is 1. The highest BCUT2D eigenvalue weighted by Gasteiger charge is 2.11. The van der Waals surface area contributed by atoms with E-state index in [0.29, 0.717) is 0 Å². The highest BCUT2D eigenvalue weighted by Crippen LogP contribution is 2.25. The summed E-state index contributed by atoms with van der Waals surface area (Å²) in [5, 5.41) is 7.72. The molecular weight excluding hydrogens is 238 g/mol. The van der Waals surface area contributed by atoms with E-state index in [9.17, 15) is 0 Å². The van der Waals surface area contributed by atoms with Gasteiger partial charge in [0.15, 0.2) is 0 Å². The molecule has 0 aliphatic carbocycles. The number of fused-ring (bicyclic) bond motifs is 1. The van der Waals surface area contributed by atoms with Crippen LogP contribution >= 0.6 is 0 Å². The summed E-state index contributed by atoms with van der Waals surface area (Å²) in [6.07, 6.45) is 2.96. The van der Waals surface area contributed by atoms with Crippen molar-refractivity contribution < 1.29 is 4.74 Å². The van der Waals surface area contributed by atoms with Gasteiger partial charge < -0.3 is 10.1 Å². The first kappa shape index (κ1) is 12.2. The van der Waals surface area contributed by atoms with Gasteiger partial charge in [-0.1, -0.05) is 12.1 Å². The second-order valence-corrected chi connectivity index (χ2v) is 5.02. The number of rotatable bonds is 4. The summed E-state index contributed by atoms with van der Waals surface area (Å²) < 4.78 is 7.42. The van der Waals surface area contributed by atoms with E-state index < -0.39 is 0 Å². The third kappa shape index (κ3) is 2.49. The topological polar surface area (TPSA) is 39.1 Å². The molecule has 19 heavy (non-hydrogen) atoms. The Morgan fingerprint density at radius 1 is 1.37 bits per heavy atom. The predicted octanol–water partition coefficient (Wildman–Crippen LogP) is 1.95. The first-order chi connectivity index (χ1) is 9.24. The van der Waals surface area contributed by atoms with Crippen molar-refractivity contribution in [3.8, 4) is 5.75 Å². The van der Waals surface area contributed by atoms with E-state index in [0.717, 1.165) is 31.9 Å². The molecule has 2 aromatic rings. The summed E-state index contributed by atoms with van der Waals surface area (Å²) in [4.78, 5) is 0. The maximum absolute atomic E-state index is 5.51. The predicted molar refractivity (Wildman–Crippen MR) is 74.1 cm³/mol. The van der Waals surface area contributed by atoms with Crippen molar-refractivity contribution in [1.29, 1.82) is 0 Å². The van der Waals surface area contributed by atoms with E-state index >= 15 is 0 Å². The van der Waals surface area contributed by atoms with E-state index in [-0.39, 0.29) is 0 Å². The van der Waals surface area contributed by atoms with E-state index in [1.807, 2.05) is 17.9 Å². The van der Waals surface area contributed by atoms with Crippen molar-refractivity contribution in [2.24, 2.45) is 7.05 Å². The zero-order chi connectivity index (χ0) is 13.2. The highest BCUT2D eigenvalue weighted by atomic mass is 16.5. The largest absolute Gasteiger partial charge is 0.493 e. The van der Waals surface area contributed by atoms with E-state index in [1.165, 1.54) is 22.4 Å². The lowest BCUT2D eigenvalue weighted by atomic mass is 10.1. The van der Waals surface area contributed by atoms with E-state index in [1.54, 1.807) is 0 Å². The van der Waals surface area contributed by atoms with Gasteiger partial charge in [0.05, 0.1) is 12.8 Å². The van der Waals surface area contributed by atoms with Crippen molar-refractivity contribution in [2.75, 3.05) is 6.61 Å². The zero-order valence-electron chi connectivity index (χ0n) is 11.4. The lowest BCUT2D eigenvalue weighted by Crippen LogP contribution is -2.13. The van der Waals surface area contributed by atoms with Crippen LogP contribution in [0, 0.1) is 6.92 Å². The second kappa shape index (κ2) is 5.05. The number of hydrogen-bond acceptors (Lipinski definition) is 3. The Kier molecular flexibility index (Phi) is 3.25. The van der Waals surface area contributed by atoms with Gasteiger partial charge in [0.1, 0.15) is 5.75 Å². The van der Waals surface area contributed by atoms with Crippen molar-refractivity contribution in [2.45, 2.75) is 26.4 Å². The Bertz CT molecular complexity index is 589. The monoisotopic (exact) mass is 257 g/mol. The fraction of sp³-hybridized carbons (Fsp3) is 0.400. The molecule has 0 radical (unpaired) electrons. The lowest BCUT2D eigenvalue weighted by Gasteiger charge is -2.06. The van der Waals surface area contributed by atoms with Gasteiger partial charge in [0.25, 0.3) is 0 Å². The van der Waals surface area contributed by atoms with Crippen LogP contribution in [0.15, 0.2) is 24.4 Å². The summed E-state index contributed by atoms with van der Waals surface area (Å²) in [5.41, 5.74) is 5.12. The minimum absolute atomic E-state index is 0.821. The molecule has 1 aliphatic heterocycles. The molecule has 2 heterocycles. The molecular formula is C15H19N3O. The van der Waals surface area contributed by atoms with E-state index in [4.69, 9.17) is 4.74 Å². The average molecular weight is 257 g/mol. The Hall–Kier alpha value is -1.81. The first-order valence-electron chi connectivity index (χ1n) is 6.67. The Balaban J connectivity index is 1.59. The molecule has 1 N–H and O–H groups in total. The molecule has 0 atom stereocenters. The molecule has 0 saturated carbocycles. The van der Waals surface area contributed by atoms with Gasteiger partial charge in [-0.2, -0.15) is 5.10 Å². The van der Waals surface area contributed by atoms with Crippen LogP contribution in [0.2, 0.25) is 0 Å². The van der Waals surface area contributed by atoms with Crippen LogP contribution in [0.1, 0.15) is 22.4 Å². The Morgan fingerprint density at radius 2 is 2.26 bits per heavy atom. The Labute approximate surface area is 113 Å². The molecule has 0 bridgehead atoms. The third-order valence-corrected chi connectivity index (χ3v) is 3.74. The van der Waals surface area contributed by atoms with Gasteiger partial charge in [-0.25, -0.2) is 0 Å². The molecule has 0 unspecified atom stereocenters. The van der Waals surface area contributed by atoms with Crippen LogP contribution in [0.4, 0.5) is 0 Å². The normalized spacial score (nSPS) is 13.4. The van der Waals surface area contributed by atoms with Gasteiger partial charge in [0, 0.05) is 37.8 Å². The van der Waals surface area contributed by atoms with Gasteiger partial charge in [-0.15, -0.1) is 0 Å². The molecule has 100 valence electrons. The van der Waals surface area contributed by atoms with Crippen LogP contribution in [0.5, 0.6) is 5.75 Å². The molecule has 0 amide bonds. The maximum Gasteiger partial charge on any atom is 0.122 e. The van der Waals surface area contributed by atoms with Gasteiger partial charge >= 0.3 is 0 Å². The number of hydrogen-bond donors (Lipinski definition) is 1. The molecule has 1 aromatic heterocycles. The molecule has 4 heteroatoms. The van der Waals surface area contributed by atoms with Crippen molar-refractivity contribution >= 4 is 0 Å². The van der Waals surface area contributed by atoms with Crippen LogP contribution in [0.25, 0.3) is 0 Å². The lowest BCUT2D eigenvalue weighted by molar-refractivity contribution is 0.357. The van der Waals surface area contributed by atoms with Crippen molar-refractivity contribution in [3.63, 3.8) is 0 Å². The molecule has 1 aromatic carbocycles. The minimum Gasteiger partial charge on any atom is -0.493 e. The van der Waals surface area contributed by atoms with Gasteiger partial charge in [-0.3, -0.25) is 4.68 Å². The second-order valence-electron chi connectivity index (χ2n) is 5.02. The summed E-state index contributed by atoms with van der Waals surface area (Å²) in [7, 11) is 1.97. The molecule has 0 spiro atoms. The number of aryl methyl sites for hydroxylation is 1. The van der Waals surface area contributed by atoms with E-state index in [2.05, 4.69) is 35.5 Å². The maximum atomic E-state index is 5.51. The number of nitrogens with one attached hydrogen (secondary N) is 1. The number of nitrogens with zero attached hydrogens (tertiary/aromatic N) is 2. The van der Waals surface area contributed by atoms with Crippen molar-refractivity contribution in [3.05, 3.63) is 46.8 Å². The molecule has 1 aliphatic rings. The first-order valence-corrected chi connectivity index (χ1v) is 6.67. The average Bonchev–Trinajstić information content (AvgIpc) is 2.99. The SMILES string of the molecule is Cc1c(CNCc2ccc3c(c2)CCO3)cnn1C. The fourth-order valence-corrected chi connectivity index (χ4v) is 2.41. The number of aromatic nitrogens is 2. The standard InChI is InChI=1S/C15H19N3O/c1-11-14(10-17-18(11)2)9-16-8-12-3-4-15-13(7-12)5-6-19-15/h3-4,7,10,16H,5-6,8-9H2,1-2H3. The zero-order valence-corrected chi connectivity index (χ0v) is 11.4. The van der Waals surface area contributed by atoms with Gasteiger partial charge in [-0.05, 0) is 24.1 Å². The molecule has 0 saturated heterocycles. The van der Waals surface area contributed by atoms with Crippen molar-refractivity contribution in [1.82, 2.24) is 15.1 Å². The molecule has 4 nitrogen and oxygen atoms in total. The van der Waals surface area contributed by atoms with Crippen LogP contribution in [-0.2, 0) is 26.6 Å². The molecule has 3 rings (SSSR count). The third-order valence-electron chi connectivity index (χ3n) is 3.74. The van der Waals surface area contributed by atoms with Gasteiger partial charge in [0.2, 0.25) is 0 Å². The quantitative estimate of drug-likeness (QED) is 0.910. The fourth-order valence-electron chi connectivity index (χ4n) is 2.41. The smallest absolute Gasteiger partial charge is 0.122 e. The van der Waals surface area contributed by atoms with Crippen LogP contribution < -0.4 is 10.1 Å². The minimum atomic E-state index is 0.821. The summed E-state index contributed by atoms with van der Waals surface area (Å²) in [6.45, 7) is 4.65. The number of ether oxygens (including phenoxy) is 1. The Morgan fingerprint density at radius 3 is 3.05 bits per heavy atom. The summed E-state index contributed by atoms with van der Waals surface area (Å²) in [5.74, 6) is 1.05. The summed E-state index contributed by atoms with van der Waals surface area (Å²) >= 11 is 0. The van der Waals surface area contributed by atoms with Crippen LogP contribution in [-0.4, -0.2) is 16.4 Å². The summed E-state index contributed by atoms with van der Waals surface area (Å²) in [6, 6.07) is 6.45. The highest BCUT2D eigenvalue weighted by molar-refractivity contribution is 5.39. The molecule has 0 fully saturated rings.